The van der Waals surface area contributed by atoms with Gasteiger partial charge in [0.25, 0.3) is 0 Å². The maximum absolute atomic E-state index is 11.9. The van der Waals surface area contributed by atoms with E-state index in [4.69, 9.17) is 14.2 Å². The lowest BCUT2D eigenvalue weighted by Crippen LogP contribution is -2.26. The Hall–Kier alpha value is -2.40. The summed E-state index contributed by atoms with van der Waals surface area (Å²) in [7, 11) is 1.65. The maximum Gasteiger partial charge on any atom is 0.157 e. The fourth-order valence-electron chi connectivity index (χ4n) is 4.35. The number of benzene rings is 3. The minimum absolute atomic E-state index is 0.243. The van der Waals surface area contributed by atoms with Gasteiger partial charge in [-0.05, 0) is 63.7 Å². The standard InChI is InChI=1S/C23H22O4/c1-25-17-6-7-18-19-12-15-4-2-3-5-16(15)13-20(19)23(24,21(18)14-17)9-8-22-26-10-11-27-22/h2-7,12-14,22,24H,8-11H2,1H3. The number of aliphatic hydroxyl groups is 1. The molecule has 1 aliphatic heterocycles. The highest BCUT2D eigenvalue weighted by atomic mass is 16.7. The zero-order valence-corrected chi connectivity index (χ0v) is 15.3. The number of ether oxygens (including phenoxy) is 3. The van der Waals surface area contributed by atoms with Crippen molar-refractivity contribution in [3.05, 3.63) is 65.7 Å². The Kier molecular flexibility index (Phi) is 3.93. The molecule has 3 aromatic carbocycles. The zero-order chi connectivity index (χ0) is 18.4. The molecule has 1 unspecified atom stereocenters. The molecule has 2 aliphatic rings. The first-order valence-corrected chi connectivity index (χ1v) is 9.37. The van der Waals surface area contributed by atoms with Crippen LogP contribution in [0.4, 0.5) is 0 Å². The molecule has 5 rings (SSSR count). The molecule has 1 atom stereocenters. The van der Waals surface area contributed by atoms with Gasteiger partial charge in [0.2, 0.25) is 0 Å². The lowest BCUT2D eigenvalue weighted by Gasteiger charge is -2.27. The topological polar surface area (TPSA) is 47.9 Å². The summed E-state index contributed by atoms with van der Waals surface area (Å²) >= 11 is 0. The van der Waals surface area contributed by atoms with Crippen molar-refractivity contribution >= 4 is 10.8 Å². The summed E-state index contributed by atoms with van der Waals surface area (Å²) in [6.45, 7) is 1.24. The molecule has 1 N–H and O–H groups in total. The van der Waals surface area contributed by atoms with Crippen molar-refractivity contribution in [3.8, 4) is 16.9 Å². The molecule has 0 aromatic heterocycles. The lowest BCUT2D eigenvalue weighted by atomic mass is 9.86. The molecule has 4 heteroatoms. The fourth-order valence-corrected chi connectivity index (χ4v) is 4.35. The van der Waals surface area contributed by atoms with E-state index >= 15 is 0 Å². The van der Waals surface area contributed by atoms with E-state index in [1.54, 1.807) is 7.11 Å². The minimum atomic E-state index is -1.08. The highest BCUT2D eigenvalue weighted by Gasteiger charge is 2.42. The second kappa shape index (κ2) is 6.34. The van der Waals surface area contributed by atoms with Crippen LogP contribution in [0.15, 0.2) is 54.6 Å². The van der Waals surface area contributed by atoms with Gasteiger partial charge >= 0.3 is 0 Å². The zero-order valence-electron chi connectivity index (χ0n) is 15.3. The Labute approximate surface area is 158 Å². The van der Waals surface area contributed by atoms with E-state index in [1.807, 2.05) is 30.3 Å². The third-order valence-corrected chi connectivity index (χ3v) is 5.73. The molecule has 1 fully saturated rings. The van der Waals surface area contributed by atoms with Crippen molar-refractivity contribution in [2.24, 2.45) is 0 Å². The van der Waals surface area contributed by atoms with Gasteiger partial charge < -0.3 is 19.3 Å². The average molecular weight is 362 g/mol. The first-order chi connectivity index (χ1) is 13.2. The van der Waals surface area contributed by atoms with Crippen LogP contribution in [0.5, 0.6) is 5.75 Å². The van der Waals surface area contributed by atoms with Crippen molar-refractivity contribution in [1.82, 2.24) is 0 Å². The van der Waals surface area contributed by atoms with E-state index in [2.05, 4.69) is 24.3 Å². The average Bonchev–Trinajstić information content (AvgIpc) is 3.31. The van der Waals surface area contributed by atoms with Crippen molar-refractivity contribution in [2.45, 2.75) is 24.7 Å². The summed E-state index contributed by atoms with van der Waals surface area (Å²) in [5.41, 5.74) is 2.90. The maximum atomic E-state index is 11.9. The quantitative estimate of drug-likeness (QED) is 0.755. The molecule has 1 aliphatic carbocycles. The van der Waals surface area contributed by atoms with Crippen LogP contribution in [0.25, 0.3) is 21.9 Å². The SMILES string of the molecule is COc1ccc2c(c1)C(O)(CCC1OCCO1)c1cc3ccccc3cc1-2. The summed E-state index contributed by atoms with van der Waals surface area (Å²) in [5.74, 6) is 0.748. The molecule has 4 nitrogen and oxygen atoms in total. The predicted octanol–water partition coefficient (Wildman–Crippen LogP) is 4.22. The Morgan fingerprint density at radius 2 is 1.67 bits per heavy atom. The van der Waals surface area contributed by atoms with Gasteiger partial charge in [0.15, 0.2) is 6.29 Å². The van der Waals surface area contributed by atoms with E-state index in [1.165, 1.54) is 5.39 Å². The largest absolute Gasteiger partial charge is 0.497 e. The Bertz CT molecular complexity index is 1010. The molecule has 0 spiro atoms. The second-order valence-corrected chi connectivity index (χ2v) is 7.23. The van der Waals surface area contributed by atoms with Crippen LogP contribution in [0.1, 0.15) is 24.0 Å². The smallest absolute Gasteiger partial charge is 0.157 e. The van der Waals surface area contributed by atoms with E-state index in [0.29, 0.717) is 26.1 Å². The summed E-state index contributed by atoms with van der Waals surface area (Å²) in [6, 6.07) is 18.5. The van der Waals surface area contributed by atoms with E-state index in [9.17, 15) is 5.11 Å². The Morgan fingerprint density at radius 1 is 0.963 bits per heavy atom. The van der Waals surface area contributed by atoms with Gasteiger partial charge in [0, 0.05) is 6.42 Å². The Balaban J connectivity index is 1.66. The van der Waals surface area contributed by atoms with Gasteiger partial charge in [0.1, 0.15) is 11.4 Å². The third kappa shape index (κ3) is 2.64. The first-order valence-electron chi connectivity index (χ1n) is 9.37. The fraction of sp³-hybridized carbons (Fsp3) is 0.304. The normalized spacial score (nSPS) is 21.4. The third-order valence-electron chi connectivity index (χ3n) is 5.73. The molecule has 27 heavy (non-hydrogen) atoms. The lowest BCUT2D eigenvalue weighted by molar-refractivity contribution is -0.0616. The molecule has 0 radical (unpaired) electrons. The van der Waals surface area contributed by atoms with Crippen LogP contribution >= 0.6 is 0 Å². The monoisotopic (exact) mass is 362 g/mol. The molecule has 1 heterocycles. The molecule has 1 saturated heterocycles. The van der Waals surface area contributed by atoms with E-state index in [-0.39, 0.29) is 6.29 Å². The molecule has 0 bridgehead atoms. The van der Waals surface area contributed by atoms with Gasteiger partial charge in [-0.2, -0.15) is 0 Å². The molecule has 138 valence electrons. The number of fused-ring (bicyclic) bond motifs is 4. The van der Waals surface area contributed by atoms with Crippen LogP contribution in [-0.2, 0) is 15.1 Å². The summed E-state index contributed by atoms with van der Waals surface area (Å²) < 4.78 is 16.6. The van der Waals surface area contributed by atoms with Gasteiger partial charge in [-0.25, -0.2) is 0 Å². The molecule has 0 saturated carbocycles. The van der Waals surface area contributed by atoms with Crippen LogP contribution < -0.4 is 4.74 Å². The molecular weight excluding hydrogens is 340 g/mol. The molecular formula is C23H22O4. The predicted molar refractivity (Wildman–Crippen MR) is 104 cm³/mol. The van der Waals surface area contributed by atoms with Crippen molar-refractivity contribution in [1.29, 1.82) is 0 Å². The van der Waals surface area contributed by atoms with Crippen LogP contribution in [0, 0.1) is 0 Å². The van der Waals surface area contributed by atoms with Gasteiger partial charge in [-0.1, -0.05) is 30.3 Å². The summed E-state index contributed by atoms with van der Waals surface area (Å²) in [5, 5.41) is 14.2. The number of hydrogen-bond donors (Lipinski definition) is 1. The second-order valence-electron chi connectivity index (χ2n) is 7.23. The van der Waals surface area contributed by atoms with Gasteiger partial charge in [-0.3, -0.25) is 0 Å². The van der Waals surface area contributed by atoms with Crippen molar-refractivity contribution < 1.29 is 19.3 Å². The minimum Gasteiger partial charge on any atom is -0.497 e. The van der Waals surface area contributed by atoms with Crippen molar-refractivity contribution in [2.75, 3.05) is 20.3 Å². The van der Waals surface area contributed by atoms with Crippen LogP contribution in [0.3, 0.4) is 0 Å². The number of methoxy groups -OCH3 is 1. The van der Waals surface area contributed by atoms with Gasteiger partial charge in [0.05, 0.1) is 20.3 Å². The highest BCUT2D eigenvalue weighted by molar-refractivity contribution is 5.93. The van der Waals surface area contributed by atoms with Crippen molar-refractivity contribution in [3.63, 3.8) is 0 Å². The van der Waals surface area contributed by atoms with Crippen LogP contribution in [-0.4, -0.2) is 31.7 Å². The van der Waals surface area contributed by atoms with Gasteiger partial charge in [-0.15, -0.1) is 0 Å². The molecule has 3 aromatic rings. The Morgan fingerprint density at radius 3 is 2.41 bits per heavy atom. The summed E-state index contributed by atoms with van der Waals surface area (Å²) in [4.78, 5) is 0. The molecule has 0 amide bonds. The summed E-state index contributed by atoms with van der Waals surface area (Å²) in [6.07, 6.45) is 0.926. The highest BCUT2D eigenvalue weighted by Crippen LogP contribution is 2.52. The van der Waals surface area contributed by atoms with E-state index < -0.39 is 5.60 Å². The first kappa shape index (κ1) is 16.8. The number of rotatable bonds is 4. The number of hydrogen-bond acceptors (Lipinski definition) is 4. The van der Waals surface area contributed by atoms with Crippen LogP contribution in [0.2, 0.25) is 0 Å². The van der Waals surface area contributed by atoms with E-state index in [0.717, 1.165) is 33.4 Å².